The van der Waals surface area contributed by atoms with Crippen molar-refractivity contribution in [3.05, 3.63) is 54.0 Å². The first-order valence-corrected chi connectivity index (χ1v) is 8.58. The van der Waals surface area contributed by atoms with Crippen LogP contribution in [0.25, 0.3) is 0 Å². The molecule has 2 amide bonds. The second-order valence-corrected chi connectivity index (χ2v) is 7.28. The van der Waals surface area contributed by atoms with Crippen LogP contribution in [0.2, 0.25) is 0 Å². The SMILES string of the molecule is CC(C)(C)CCCCNC(=O)c1ccc(NC(=O)c2ccco2)cc1. The average Bonchev–Trinajstić information content (AvgIpc) is 3.08. The van der Waals surface area contributed by atoms with Crippen LogP contribution in [0.15, 0.2) is 47.1 Å². The van der Waals surface area contributed by atoms with Crippen LogP contribution in [0.1, 0.15) is 60.9 Å². The van der Waals surface area contributed by atoms with Crippen molar-refractivity contribution in [1.29, 1.82) is 0 Å². The third-order valence-electron chi connectivity index (χ3n) is 3.79. The van der Waals surface area contributed by atoms with Crippen LogP contribution >= 0.6 is 0 Å². The van der Waals surface area contributed by atoms with E-state index in [-0.39, 0.29) is 17.6 Å². The van der Waals surface area contributed by atoms with E-state index in [1.165, 1.54) is 6.26 Å². The van der Waals surface area contributed by atoms with Crippen LogP contribution < -0.4 is 10.6 Å². The Kier molecular flexibility index (Phi) is 6.39. The summed E-state index contributed by atoms with van der Waals surface area (Å²) in [7, 11) is 0. The van der Waals surface area contributed by atoms with Gasteiger partial charge >= 0.3 is 0 Å². The predicted octanol–water partition coefficient (Wildman–Crippen LogP) is 4.48. The number of rotatable bonds is 7. The molecule has 1 heterocycles. The van der Waals surface area contributed by atoms with Gasteiger partial charge < -0.3 is 15.1 Å². The molecule has 0 atom stereocenters. The topological polar surface area (TPSA) is 71.3 Å². The van der Waals surface area contributed by atoms with E-state index in [0.717, 1.165) is 19.3 Å². The number of amides is 2. The number of nitrogens with one attached hydrogen (secondary N) is 2. The molecule has 2 N–H and O–H groups in total. The molecular formula is C20H26N2O3. The van der Waals surface area contributed by atoms with Crippen molar-refractivity contribution in [2.45, 2.75) is 40.0 Å². The molecule has 134 valence electrons. The maximum atomic E-state index is 12.1. The summed E-state index contributed by atoms with van der Waals surface area (Å²) in [5.74, 6) is -0.169. The molecule has 25 heavy (non-hydrogen) atoms. The average molecular weight is 342 g/mol. The van der Waals surface area contributed by atoms with E-state index in [9.17, 15) is 9.59 Å². The second kappa shape index (κ2) is 8.51. The van der Waals surface area contributed by atoms with E-state index in [1.54, 1.807) is 36.4 Å². The third-order valence-corrected chi connectivity index (χ3v) is 3.79. The van der Waals surface area contributed by atoms with Crippen LogP contribution in [-0.4, -0.2) is 18.4 Å². The Bertz CT molecular complexity index is 683. The Balaban J connectivity index is 1.77. The lowest BCUT2D eigenvalue weighted by molar-refractivity contribution is 0.0951. The monoisotopic (exact) mass is 342 g/mol. The lowest BCUT2D eigenvalue weighted by Crippen LogP contribution is -2.24. The van der Waals surface area contributed by atoms with Crippen LogP contribution in [0.5, 0.6) is 0 Å². The molecule has 0 bridgehead atoms. The minimum Gasteiger partial charge on any atom is -0.459 e. The highest BCUT2D eigenvalue weighted by Crippen LogP contribution is 2.21. The van der Waals surface area contributed by atoms with Gasteiger partial charge in [-0.3, -0.25) is 9.59 Å². The lowest BCUT2D eigenvalue weighted by Gasteiger charge is -2.17. The van der Waals surface area contributed by atoms with Gasteiger partial charge in [0.15, 0.2) is 5.76 Å². The molecule has 1 aromatic carbocycles. The van der Waals surface area contributed by atoms with Gasteiger partial charge in [0.1, 0.15) is 0 Å². The highest BCUT2D eigenvalue weighted by atomic mass is 16.3. The van der Waals surface area contributed by atoms with Gasteiger partial charge in [0.25, 0.3) is 11.8 Å². The molecule has 1 aromatic heterocycles. The molecule has 0 aliphatic rings. The molecule has 0 spiro atoms. The van der Waals surface area contributed by atoms with Crippen molar-refractivity contribution in [1.82, 2.24) is 5.32 Å². The molecule has 5 heteroatoms. The summed E-state index contributed by atoms with van der Waals surface area (Å²) in [6, 6.07) is 10.1. The van der Waals surface area contributed by atoms with E-state index < -0.39 is 0 Å². The number of carbonyl (C=O) groups is 2. The highest BCUT2D eigenvalue weighted by Gasteiger charge is 2.11. The molecule has 2 rings (SSSR count). The van der Waals surface area contributed by atoms with Crippen molar-refractivity contribution in [3.63, 3.8) is 0 Å². The molecule has 0 unspecified atom stereocenters. The quantitative estimate of drug-likeness (QED) is 0.729. The fourth-order valence-electron chi connectivity index (χ4n) is 2.39. The molecule has 0 aliphatic heterocycles. The molecule has 5 nitrogen and oxygen atoms in total. The van der Waals surface area contributed by atoms with Gasteiger partial charge in [0, 0.05) is 17.8 Å². The second-order valence-electron chi connectivity index (χ2n) is 7.28. The molecule has 0 aliphatic carbocycles. The van der Waals surface area contributed by atoms with Crippen molar-refractivity contribution < 1.29 is 14.0 Å². The number of carbonyl (C=O) groups excluding carboxylic acids is 2. The molecule has 0 saturated carbocycles. The lowest BCUT2D eigenvalue weighted by atomic mass is 9.90. The Morgan fingerprint density at radius 2 is 1.72 bits per heavy atom. The summed E-state index contributed by atoms with van der Waals surface area (Å²) >= 11 is 0. The van der Waals surface area contributed by atoms with Gasteiger partial charge in [0.2, 0.25) is 0 Å². The summed E-state index contributed by atoms with van der Waals surface area (Å²) in [6.07, 6.45) is 4.67. The zero-order valence-electron chi connectivity index (χ0n) is 15.1. The summed E-state index contributed by atoms with van der Waals surface area (Å²) in [4.78, 5) is 24.0. The van der Waals surface area contributed by atoms with Crippen LogP contribution in [-0.2, 0) is 0 Å². The van der Waals surface area contributed by atoms with Crippen molar-refractivity contribution >= 4 is 17.5 Å². The standard InChI is InChI=1S/C20H26N2O3/c1-20(2,3)12-4-5-13-21-18(23)15-8-10-16(11-9-15)22-19(24)17-7-6-14-25-17/h6-11,14H,4-5,12-13H2,1-3H3,(H,21,23)(H,22,24). The first kappa shape index (κ1) is 18.8. The fraction of sp³-hybridized carbons (Fsp3) is 0.400. The van der Waals surface area contributed by atoms with Crippen LogP contribution in [0.4, 0.5) is 5.69 Å². The van der Waals surface area contributed by atoms with Crippen LogP contribution in [0.3, 0.4) is 0 Å². The zero-order chi connectivity index (χ0) is 18.3. The summed E-state index contributed by atoms with van der Waals surface area (Å²) in [5, 5.41) is 5.65. The van der Waals surface area contributed by atoms with Crippen molar-refractivity contribution in [2.24, 2.45) is 5.41 Å². The molecular weight excluding hydrogens is 316 g/mol. The number of benzene rings is 1. The predicted molar refractivity (Wildman–Crippen MR) is 98.7 cm³/mol. The van der Waals surface area contributed by atoms with E-state index in [1.807, 2.05) is 0 Å². The van der Waals surface area contributed by atoms with Gasteiger partial charge in [0.05, 0.1) is 6.26 Å². The Hall–Kier alpha value is -2.56. The first-order chi connectivity index (χ1) is 11.8. The molecule has 2 aromatic rings. The Morgan fingerprint density at radius 3 is 2.32 bits per heavy atom. The highest BCUT2D eigenvalue weighted by molar-refractivity contribution is 6.02. The minimum absolute atomic E-state index is 0.0975. The van der Waals surface area contributed by atoms with Gasteiger partial charge in [-0.2, -0.15) is 0 Å². The van der Waals surface area contributed by atoms with Crippen LogP contribution in [0, 0.1) is 5.41 Å². The number of hydrogen-bond acceptors (Lipinski definition) is 3. The van der Waals surface area contributed by atoms with E-state index >= 15 is 0 Å². The summed E-state index contributed by atoms with van der Waals surface area (Å²) in [5.41, 5.74) is 1.52. The zero-order valence-corrected chi connectivity index (χ0v) is 15.1. The van der Waals surface area contributed by atoms with Gasteiger partial charge in [-0.25, -0.2) is 0 Å². The maximum Gasteiger partial charge on any atom is 0.291 e. The largest absolute Gasteiger partial charge is 0.459 e. The normalized spacial score (nSPS) is 11.2. The number of unbranched alkanes of at least 4 members (excludes halogenated alkanes) is 1. The Labute approximate surface area is 148 Å². The van der Waals surface area contributed by atoms with E-state index in [0.29, 0.717) is 23.2 Å². The molecule has 0 saturated heterocycles. The van der Waals surface area contributed by atoms with E-state index in [2.05, 4.69) is 31.4 Å². The van der Waals surface area contributed by atoms with Gasteiger partial charge in [-0.05, 0) is 54.7 Å². The Morgan fingerprint density at radius 1 is 1.00 bits per heavy atom. The number of hydrogen-bond donors (Lipinski definition) is 2. The van der Waals surface area contributed by atoms with Crippen molar-refractivity contribution in [3.8, 4) is 0 Å². The number of furan rings is 1. The third kappa shape index (κ3) is 6.45. The fourth-order valence-corrected chi connectivity index (χ4v) is 2.39. The minimum atomic E-state index is -0.318. The number of anilines is 1. The first-order valence-electron chi connectivity index (χ1n) is 8.58. The smallest absolute Gasteiger partial charge is 0.291 e. The van der Waals surface area contributed by atoms with Gasteiger partial charge in [-0.1, -0.05) is 27.2 Å². The maximum absolute atomic E-state index is 12.1. The van der Waals surface area contributed by atoms with Gasteiger partial charge in [-0.15, -0.1) is 0 Å². The van der Waals surface area contributed by atoms with Crippen molar-refractivity contribution in [2.75, 3.05) is 11.9 Å². The summed E-state index contributed by atoms with van der Waals surface area (Å²) in [6.45, 7) is 7.33. The molecule has 0 fully saturated rings. The summed E-state index contributed by atoms with van der Waals surface area (Å²) < 4.78 is 5.04. The molecule has 0 radical (unpaired) electrons. The van der Waals surface area contributed by atoms with E-state index in [4.69, 9.17) is 4.42 Å².